The molecule has 0 unspecified atom stereocenters. The fraction of sp³-hybridized carbons (Fsp3) is 0.235. The topological polar surface area (TPSA) is 79.3 Å². The summed E-state index contributed by atoms with van der Waals surface area (Å²) < 4.78 is 1.30. The first-order valence-corrected chi connectivity index (χ1v) is 7.46. The van der Waals surface area contributed by atoms with E-state index < -0.39 is 0 Å². The lowest BCUT2D eigenvalue weighted by Gasteiger charge is -2.05. The number of fused-ring (bicyclic) bond motifs is 1. The highest BCUT2D eigenvalue weighted by Gasteiger charge is 2.16. The standard InChI is InChI=1S/C17H18N4O2/c1-10(2)18-16(22)13-9-14-19-15(12-7-5-4-6-8-12)11(3)17(23)21(14)20-13/h4-10,20H,1-3H3,(H,18,22). The molecule has 0 radical (unpaired) electrons. The second-order valence-corrected chi connectivity index (χ2v) is 5.75. The van der Waals surface area contributed by atoms with Crippen LogP contribution in [0.1, 0.15) is 29.9 Å². The maximum atomic E-state index is 12.5. The van der Waals surface area contributed by atoms with E-state index >= 15 is 0 Å². The second kappa shape index (κ2) is 5.72. The van der Waals surface area contributed by atoms with E-state index in [-0.39, 0.29) is 17.5 Å². The van der Waals surface area contributed by atoms with E-state index in [1.165, 1.54) is 4.52 Å². The smallest absolute Gasteiger partial charge is 0.276 e. The van der Waals surface area contributed by atoms with Crippen molar-refractivity contribution in [1.29, 1.82) is 0 Å². The molecule has 1 aromatic carbocycles. The van der Waals surface area contributed by atoms with Crippen LogP contribution in [0.4, 0.5) is 0 Å². The van der Waals surface area contributed by atoms with Gasteiger partial charge in [0.05, 0.1) is 5.69 Å². The number of benzene rings is 1. The van der Waals surface area contributed by atoms with Crippen molar-refractivity contribution in [2.24, 2.45) is 0 Å². The highest BCUT2D eigenvalue weighted by molar-refractivity contribution is 5.93. The lowest BCUT2D eigenvalue weighted by Crippen LogP contribution is -2.30. The van der Waals surface area contributed by atoms with Gasteiger partial charge >= 0.3 is 0 Å². The first-order valence-electron chi connectivity index (χ1n) is 7.46. The number of nitrogens with one attached hydrogen (secondary N) is 2. The minimum Gasteiger partial charge on any atom is -0.349 e. The van der Waals surface area contributed by atoms with Crippen LogP contribution >= 0.6 is 0 Å². The van der Waals surface area contributed by atoms with E-state index in [0.29, 0.717) is 22.6 Å². The third-order valence-corrected chi connectivity index (χ3v) is 3.55. The molecule has 0 atom stereocenters. The SMILES string of the molecule is Cc1c(-c2ccccc2)nc2cc(C(=O)NC(C)C)[nH]n2c1=O. The van der Waals surface area contributed by atoms with Crippen LogP contribution in [0.25, 0.3) is 16.9 Å². The molecule has 0 saturated carbocycles. The molecule has 1 amide bonds. The van der Waals surface area contributed by atoms with Gasteiger partial charge in [0.15, 0.2) is 5.65 Å². The molecule has 23 heavy (non-hydrogen) atoms. The molecule has 2 N–H and O–H groups in total. The van der Waals surface area contributed by atoms with Crippen LogP contribution < -0.4 is 10.9 Å². The number of rotatable bonds is 3. The Morgan fingerprint density at radius 2 is 1.96 bits per heavy atom. The molecule has 0 saturated heterocycles. The van der Waals surface area contributed by atoms with Crippen molar-refractivity contribution in [2.75, 3.05) is 0 Å². The Labute approximate surface area is 133 Å². The van der Waals surface area contributed by atoms with Gasteiger partial charge in [-0.25, -0.2) is 9.50 Å². The van der Waals surface area contributed by atoms with Crippen molar-refractivity contribution >= 4 is 11.6 Å². The number of carbonyl (C=O) groups is 1. The van der Waals surface area contributed by atoms with Crippen molar-refractivity contribution in [3.05, 3.63) is 58.0 Å². The zero-order valence-corrected chi connectivity index (χ0v) is 13.3. The highest BCUT2D eigenvalue weighted by Crippen LogP contribution is 2.19. The predicted octanol–water partition coefficient (Wildman–Crippen LogP) is 2.14. The molecule has 0 aliphatic heterocycles. The molecule has 6 heteroatoms. The summed E-state index contributed by atoms with van der Waals surface area (Å²) in [5, 5.41) is 5.61. The van der Waals surface area contributed by atoms with Gasteiger partial charge in [-0.15, -0.1) is 0 Å². The van der Waals surface area contributed by atoms with Crippen molar-refractivity contribution in [3.63, 3.8) is 0 Å². The number of hydrogen-bond donors (Lipinski definition) is 2. The fourth-order valence-corrected chi connectivity index (χ4v) is 2.44. The fourth-order valence-electron chi connectivity index (χ4n) is 2.44. The zero-order chi connectivity index (χ0) is 16.6. The van der Waals surface area contributed by atoms with Crippen molar-refractivity contribution in [2.45, 2.75) is 26.8 Å². The summed E-state index contributed by atoms with van der Waals surface area (Å²) in [6.45, 7) is 5.49. The lowest BCUT2D eigenvalue weighted by molar-refractivity contribution is 0.0937. The van der Waals surface area contributed by atoms with Gasteiger partial charge in [0, 0.05) is 23.2 Å². The van der Waals surface area contributed by atoms with Crippen molar-refractivity contribution < 1.29 is 4.79 Å². The van der Waals surface area contributed by atoms with Gasteiger partial charge in [-0.05, 0) is 20.8 Å². The van der Waals surface area contributed by atoms with Gasteiger partial charge < -0.3 is 5.32 Å². The normalized spacial score (nSPS) is 11.1. The van der Waals surface area contributed by atoms with Crippen LogP contribution in [0, 0.1) is 6.92 Å². The van der Waals surface area contributed by atoms with Gasteiger partial charge in [-0.2, -0.15) is 0 Å². The maximum Gasteiger partial charge on any atom is 0.276 e. The van der Waals surface area contributed by atoms with E-state index in [2.05, 4.69) is 15.4 Å². The van der Waals surface area contributed by atoms with E-state index in [1.807, 2.05) is 44.2 Å². The monoisotopic (exact) mass is 310 g/mol. The molecular formula is C17H18N4O2. The van der Waals surface area contributed by atoms with Crippen LogP contribution in [0.3, 0.4) is 0 Å². The molecule has 6 nitrogen and oxygen atoms in total. The van der Waals surface area contributed by atoms with Crippen LogP contribution in [-0.4, -0.2) is 26.5 Å². The Morgan fingerprint density at radius 1 is 1.26 bits per heavy atom. The molecule has 0 fully saturated rings. The summed E-state index contributed by atoms with van der Waals surface area (Å²) in [6.07, 6.45) is 0. The molecule has 118 valence electrons. The van der Waals surface area contributed by atoms with Crippen LogP contribution in [-0.2, 0) is 0 Å². The zero-order valence-electron chi connectivity index (χ0n) is 13.3. The van der Waals surface area contributed by atoms with Crippen molar-refractivity contribution in [1.82, 2.24) is 19.9 Å². The van der Waals surface area contributed by atoms with E-state index in [9.17, 15) is 9.59 Å². The van der Waals surface area contributed by atoms with Crippen molar-refractivity contribution in [3.8, 4) is 11.3 Å². The number of nitrogens with zero attached hydrogens (tertiary/aromatic N) is 2. The Hall–Kier alpha value is -2.89. The van der Waals surface area contributed by atoms with E-state index in [4.69, 9.17) is 0 Å². The Balaban J connectivity index is 2.15. The largest absolute Gasteiger partial charge is 0.349 e. The molecule has 2 heterocycles. The molecule has 0 aliphatic carbocycles. The summed E-state index contributed by atoms with van der Waals surface area (Å²) in [7, 11) is 0. The van der Waals surface area contributed by atoms with Gasteiger partial charge in [0.25, 0.3) is 11.5 Å². The van der Waals surface area contributed by atoms with Crippen LogP contribution in [0.15, 0.2) is 41.2 Å². The third-order valence-electron chi connectivity index (χ3n) is 3.55. The molecular weight excluding hydrogens is 292 g/mol. The summed E-state index contributed by atoms with van der Waals surface area (Å²) in [5.41, 5.74) is 2.56. The Bertz CT molecular complexity index is 923. The summed E-state index contributed by atoms with van der Waals surface area (Å²) in [6, 6.07) is 11.1. The summed E-state index contributed by atoms with van der Waals surface area (Å²) in [4.78, 5) is 29.2. The number of amides is 1. The molecule has 0 bridgehead atoms. The Morgan fingerprint density at radius 3 is 2.61 bits per heavy atom. The number of aromatic nitrogens is 3. The minimum absolute atomic E-state index is 0.0141. The van der Waals surface area contributed by atoms with Gasteiger partial charge in [0.1, 0.15) is 5.69 Å². The highest BCUT2D eigenvalue weighted by atomic mass is 16.2. The average molecular weight is 310 g/mol. The number of H-pyrrole nitrogens is 1. The minimum atomic E-state index is -0.260. The van der Waals surface area contributed by atoms with Crippen LogP contribution in [0.2, 0.25) is 0 Å². The number of aromatic amines is 1. The molecule has 3 rings (SSSR count). The predicted molar refractivity (Wildman–Crippen MR) is 88.6 cm³/mol. The molecule has 2 aromatic heterocycles. The lowest BCUT2D eigenvalue weighted by atomic mass is 10.1. The number of carbonyl (C=O) groups excluding carboxylic acids is 1. The van der Waals surface area contributed by atoms with Crippen LogP contribution in [0.5, 0.6) is 0 Å². The van der Waals surface area contributed by atoms with Gasteiger partial charge in [-0.1, -0.05) is 30.3 Å². The Kier molecular flexibility index (Phi) is 3.73. The van der Waals surface area contributed by atoms with Gasteiger partial charge in [0.2, 0.25) is 0 Å². The number of hydrogen-bond acceptors (Lipinski definition) is 3. The molecule has 0 spiro atoms. The van der Waals surface area contributed by atoms with Gasteiger partial charge in [-0.3, -0.25) is 14.7 Å². The summed E-state index contributed by atoms with van der Waals surface area (Å²) in [5.74, 6) is -0.260. The van der Waals surface area contributed by atoms with E-state index in [1.54, 1.807) is 13.0 Å². The first-order chi connectivity index (χ1) is 11.0. The van der Waals surface area contributed by atoms with E-state index in [0.717, 1.165) is 5.56 Å². The molecule has 0 aliphatic rings. The quantitative estimate of drug-likeness (QED) is 0.778. The average Bonchev–Trinajstić information content (AvgIpc) is 2.95. The summed E-state index contributed by atoms with van der Waals surface area (Å²) >= 11 is 0. The maximum absolute atomic E-state index is 12.5. The third kappa shape index (κ3) is 2.75. The molecule has 3 aromatic rings. The second-order valence-electron chi connectivity index (χ2n) is 5.75. The first kappa shape index (κ1) is 15.0.